The van der Waals surface area contributed by atoms with Crippen LogP contribution >= 0.6 is 12.2 Å². The maximum atomic E-state index is 5.25. The Labute approximate surface area is 88.2 Å². The SMILES string of the molecule is CCc1cc(=S)n(-c2ccccc2)[nH]1. The van der Waals surface area contributed by atoms with Crippen molar-refractivity contribution in [2.45, 2.75) is 13.3 Å². The number of hydrogen-bond acceptors (Lipinski definition) is 1. The summed E-state index contributed by atoms with van der Waals surface area (Å²) in [5.74, 6) is 0. The Morgan fingerprint density at radius 1 is 1.29 bits per heavy atom. The first-order chi connectivity index (χ1) is 6.81. The average Bonchev–Trinajstić information content (AvgIpc) is 2.61. The van der Waals surface area contributed by atoms with Gasteiger partial charge in [0.2, 0.25) is 0 Å². The number of H-pyrrole nitrogens is 1. The van der Waals surface area contributed by atoms with Crippen LogP contribution in [-0.4, -0.2) is 9.78 Å². The molecule has 0 aliphatic heterocycles. The monoisotopic (exact) mass is 204 g/mol. The molecule has 0 saturated carbocycles. The van der Waals surface area contributed by atoms with Crippen molar-refractivity contribution in [3.8, 4) is 5.69 Å². The van der Waals surface area contributed by atoms with E-state index in [0.717, 1.165) is 16.7 Å². The molecule has 0 aliphatic carbocycles. The molecule has 0 atom stereocenters. The lowest BCUT2D eigenvalue weighted by atomic mass is 10.3. The zero-order chi connectivity index (χ0) is 9.97. The lowest BCUT2D eigenvalue weighted by Crippen LogP contribution is -1.96. The van der Waals surface area contributed by atoms with Gasteiger partial charge in [-0.15, -0.1) is 0 Å². The molecular formula is C11H12N2S. The molecule has 0 radical (unpaired) electrons. The quantitative estimate of drug-likeness (QED) is 0.745. The van der Waals surface area contributed by atoms with Crippen LogP contribution in [0.25, 0.3) is 5.69 Å². The van der Waals surface area contributed by atoms with Gasteiger partial charge in [-0.3, -0.25) is 5.10 Å². The van der Waals surface area contributed by atoms with E-state index in [-0.39, 0.29) is 0 Å². The number of hydrogen-bond donors (Lipinski definition) is 1. The number of rotatable bonds is 2. The van der Waals surface area contributed by atoms with E-state index in [2.05, 4.69) is 12.0 Å². The second kappa shape index (κ2) is 3.80. The van der Waals surface area contributed by atoms with Crippen LogP contribution in [0.3, 0.4) is 0 Å². The van der Waals surface area contributed by atoms with Crippen molar-refractivity contribution in [1.82, 2.24) is 9.78 Å². The van der Waals surface area contributed by atoms with Gasteiger partial charge in [0.15, 0.2) is 0 Å². The maximum absolute atomic E-state index is 5.25. The van der Waals surface area contributed by atoms with E-state index >= 15 is 0 Å². The summed E-state index contributed by atoms with van der Waals surface area (Å²) in [6.45, 7) is 2.11. The van der Waals surface area contributed by atoms with Gasteiger partial charge in [-0.2, -0.15) is 0 Å². The van der Waals surface area contributed by atoms with E-state index in [1.165, 1.54) is 5.69 Å². The third-order valence-corrected chi connectivity index (χ3v) is 2.47. The smallest absolute Gasteiger partial charge is 0.127 e. The fourth-order valence-corrected chi connectivity index (χ4v) is 1.69. The summed E-state index contributed by atoms with van der Waals surface area (Å²) in [6, 6.07) is 12.1. The summed E-state index contributed by atoms with van der Waals surface area (Å²) in [5.41, 5.74) is 2.25. The first kappa shape index (κ1) is 9.21. The van der Waals surface area contributed by atoms with Gasteiger partial charge < -0.3 is 0 Å². The van der Waals surface area contributed by atoms with Gasteiger partial charge >= 0.3 is 0 Å². The van der Waals surface area contributed by atoms with Crippen LogP contribution < -0.4 is 0 Å². The van der Waals surface area contributed by atoms with Gasteiger partial charge in [-0.1, -0.05) is 37.3 Å². The van der Waals surface area contributed by atoms with Crippen molar-refractivity contribution in [2.24, 2.45) is 0 Å². The van der Waals surface area contributed by atoms with E-state index in [4.69, 9.17) is 12.2 Å². The lowest BCUT2D eigenvalue weighted by molar-refractivity contribution is 0.833. The molecule has 0 spiro atoms. The molecular weight excluding hydrogens is 192 g/mol. The molecule has 0 unspecified atom stereocenters. The molecule has 1 heterocycles. The second-order valence-electron chi connectivity index (χ2n) is 3.14. The Kier molecular flexibility index (Phi) is 2.50. The predicted molar refractivity (Wildman–Crippen MR) is 60.3 cm³/mol. The van der Waals surface area contributed by atoms with Crippen molar-refractivity contribution in [2.75, 3.05) is 0 Å². The predicted octanol–water partition coefficient (Wildman–Crippen LogP) is 3.10. The molecule has 2 rings (SSSR count). The van der Waals surface area contributed by atoms with Crippen molar-refractivity contribution >= 4 is 12.2 Å². The fourth-order valence-electron chi connectivity index (χ4n) is 1.39. The van der Waals surface area contributed by atoms with E-state index in [0.29, 0.717) is 0 Å². The number of benzene rings is 1. The Morgan fingerprint density at radius 2 is 2.00 bits per heavy atom. The van der Waals surface area contributed by atoms with Crippen molar-refractivity contribution in [3.63, 3.8) is 0 Å². The van der Waals surface area contributed by atoms with Crippen LogP contribution in [0.5, 0.6) is 0 Å². The third kappa shape index (κ3) is 1.63. The highest BCUT2D eigenvalue weighted by atomic mass is 32.1. The highest BCUT2D eigenvalue weighted by Gasteiger charge is 1.99. The molecule has 0 amide bonds. The molecule has 0 aliphatic rings. The van der Waals surface area contributed by atoms with Crippen LogP contribution in [0, 0.1) is 4.64 Å². The summed E-state index contributed by atoms with van der Waals surface area (Å²) in [6.07, 6.45) is 0.976. The van der Waals surface area contributed by atoms with Gasteiger partial charge in [0.05, 0.1) is 5.69 Å². The minimum Gasteiger partial charge on any atom is -0.297 e. The number of nitrogens with one attached hydrogen (secondary N) is 1. The zero-order valence-corrected chi connectivity index (χ0v) is 8.84. The average molecular weight is 204 g/mol. The standard InChI is InChI=1S/C11H12N2S/c1-2-9-8-11(14)13(12-9)10-6-4-3-5-7-10/h3-8,12H,2H2,1H3. The van der Waals surface area contributed by atoms with Gasteiger partial charge in [0, 0.05) is 5.69 Å². The van der Waals surface area contributed by atoms with E-state index in [1.807, 2.05) is 41.1 Å². The molecule has 3 heteroatoms. The van der Waals surface area contributed by atoms with Crippen LogP contribution in [-0.2, 0) is 6.42 Å². The normalized spacial score (nSPS) is 10.4. The second-order valence-corrected chi connectivity index (χ2v) is 3.56. The Hall–Kier alpha value is -1.35. The van der Waals surface area contributed by atoms with E-state index in [1.54, 1.807) is 0 Å². The molecule has 0 saturated heterocycles. The van der Waals surface area contributed by atoms with Gasteiger partial charge in [0.25, 0.3) is 0 Å². The first-order valence-electron chi connectivity index (χ1n) is 4.67. The number of aromatic amines is 1. The molecule has 1 aromatic carbocycles. The van der Waals surface area contributed by atoms with Crippen LogP contribution in [0.1, 0.15) is 12.6 Å². The summed E-state index contributed by atoms with van der Waals surface area (Å²) in [5, 5.41) is 3.26. The van der Waals surface area contributed by atoms with Gasteiger partial charge in [-0.25, -0.2) is 4.68 Å². The van der Waals surface area contributed by atoms with Crippen molar-refractivity contribution in [3.05, 3.63) is 46.7 Å². The first-order valence-corrected chi connectivity index (χ1v) is 5.08. The minimum absolute atomic E-state index is 0.827. The summed E-state index contributed by atoms with van der Waals surface area (Å²) in [4.78, 5) is 0. The molecule has 2 nitrogen and oxygen atoms in total. The van der Waals surface area contributed by atoms with Crippen molar-refractivity contribution < 1.29 is 0 Å². The zero-order valence-electron chi connectivity index (χ0n) is 8.03. The number of nitrogens with zero attached hydrogens (tertiary/aromatic N) is 1. The van der Waals surface area contributed by atoms with Crippen molar-refractivity contribution in [1.29, 1.82) is 0 Å². The molecule has 72 valence electrons. The topological polar surface area (TPSA) is 20.7 Å². The van der Waals surface area contributed by atoms with Crippen LogP contribution in [0.4, 0.5) is 0 Å². The number of aryl methyl sites for hydroxylation is 1. The van der Waals surface area contributed by atoms with Crippen LogP contribution in [0.15, 0.2) is 36.4 Å². The van der Waals surface area contributed by atoms with Gasteiger partial charge in [0.1, 0.15) is 4.64 Å². The maximum Gasteiger partial charge on any atom is 0.127 e. The molecule has 1 N–H and O–H groups in total. The van der Waals surface area contributed by atoms with Crippen LogP contribution in [0.2, 0.25) is 0 Å². The molecule has 0 bridgehead atoms. The summed E-state index contributed by atoms with van der Waals surface area (Å²) < 4.78 is 2.75. The molecule has 14 heavy (non-hydrogen) atoms. The summed E-state index contributed by atoms with van der Waals surface area (Å²) in [7, 11) is 0. The summed E-state index contributed by atoms with van der Waals surface area (Å²) >= 11 is 5.25. The van der Waals surface area contributed by atoms with E-state index < -0.39 is 0 Å². The molecule has 1 aromatic heterocycles. The number of para-hydroxylation sites is 1. The Morgan fingerprint density at radius 3 is 2.57 bits per heavy atom. The van der Waals surface area contributed by atoms with E-state index in [9.17, 15) is 0 Å². The lowest BCUT2D eigenvalue weighted by Gasteiger charge is -2.01. The Balaban J connectivity index is 2.52. The highest BCUT2D eigenvalue weighted by molar-refractivity contribution is 7.71. The third-order valence-electron chi connectivity index (χ3n) is 2.17. The molecule has 0 fully saturated rings. The fraction of sp³-hybridized carbons (Fsp3) is 0.182. The Bertz CT molecular complexity index is 468. The minimum atomic E-state index is 0.827. The number of aromatic nitrogens is 2. The highest BCUT2D eigenvalue weighted by Crippen LogP contribution is 2.09. The molecule has 2 aromatic rings. The van der Waals surface area contributed by atoms with Gasteiger partial charge in [-0.05, 0) is 24.6 Å². The largest absolute Gasteiger partial charge is 0.297 e.